The lowest BCUT2D eigenvalue weighted by atomic mass is 9.83. The van der Waals surface area contributed by atoms with E-state index in [0.717, 1.165) is 82.0 Å². The molecule has 2 aromatic rings. The largest absolute Gasteiger partial charge is 0.379 e. The molecule has 226 valence electrons. The van der Waals surface area contributed by atoms with E-state index in [1.807, 2.05) is 29.0 Å². The second-order valence-electron chi connectivity index (χ2n) is 12.1. The predicted molar refractivity (Wildman–Crippen MR) is 171 cm³/mol. The van der Waals surface area contributed by atoms with E-state index in [4.69, 9.17) is 4.74 Å². The third-order valence-electron chi connectivity index (χ3n) is 9.25. The first-order valence-corrected chi connectivity index (χ1v) is 15.9. The molecular weight excluding hydrogens is 536 g/mol. The third kappa shape index (κ3) is 6.63. The summed E-state index contributed by atoms with van der Waals surface area (Å²) in [7, 11) is 1.92. The summed E-state index contributed by atoms with van der Waals surface area (Å²) in [4.78, 5) is 35.3. The first kappa shape index (κ1) is 29.4. The highest BCUT2D eigenvalue weighted by Crippen LogP contribution is 2.45. The van der Waals surface area contributed by atoms with E-state index in [0.29, 0.717) is 19.5 Å². The standard InChI is InChI=1S/C36H44N4O3/c1-37(18-9-21-39-20-8-15-33(39)41)36(42)35-34(29-13-6-3-7-14-29)31-27-30(28-11-4-2-5-12-28)16-17-32(31)40(35)22-10-19-38-23-25-43-26-24-38/h2-7,11-14,16-17,27,31-32H,8-10,15,18-26H2,1H3. The highest BCUT2D eigenvalue weighted by atomic mass is 16.5. The van der Waals surface area contributed by atoms with Crippen molar-refractivity contribution < 1.29 is 14.3 Å². The molecule has 0 spiro atoms. The van der Waals surface area contributed by atoms with Gasteiger partial charge in [-0.05, 0) is 41.5 Å². The normalized spacial score (nSPS) is 22.3. The number of carbonyl (C=O) groups excluding carboxylic acids is 2. The molecule has 2 amide bonds. The lowest BCUT2D eigenvalue weighted by Gasteiger charge is -2.33. The molecular formula is C36H44N4O3. The van der Waals surface area contributed by atoms with Gasteiger partial charge in [0.1, 0.15) is 5.70 Å². The Labute approximate surface area is 256 Å². The lowest BCUT2D eigenvalue weighted by Crippen LogP contribution is -2.42. The average molecular weight is 581 g/mol. The number of morpholine rings is 1. The molecule has 2 fully saturated rings. The number of hydrogen-bond donors (Lipinski definition) is 0. The van der Waals surface area contributed by atoms with Crippen LogP contribution in [0.2, 0.25) is 0 Å². The van der Waals surface area contributed by atoms with Crippen LogP contribution in [0.4, 0.5) is 0 Å². The van der Waals surface area contributed by atoms with Gasteiger partial charge in [0.05, 0.1) is 19.3 Å². The summed E-state index contributed by atoms with van der Waals surface area (Å²) < 4.78 is 5.56. The zero-order valence-electron chi connectivity index (χ0n) is 25.4. The van der Waals surface area contributed by atoms with E-state index >= 15 is 0 Å². The third-order valence-corrected chi connectivity index (χ3v) is 9.25. The summed E-state index contributed by atoms with van der Waals surface area (Å²) in [6, 6.07) is 21.1. The zero-order valence-corrected chi connectivity index (χ0v) is 25.4. The quantitative estimate of drug-likeness (QED) is 0.391. The van der Waals surface area contributed by atoms with Crippen molar-refractivity contribution in [3.63, 3.8) is 0 Å². The first-order valence-electron chi connectivity index (χ1n) is 15.9. The number of allylic oxidation sites excluding steroid dienone is 2. The smallest absolute Gasteiger partial charge is 0.270 e. The Bertz CT molecular complexity index is 1360. The van der Waals surface area contributed by atoms with Crippen LogP contribution < -0.4 is 0 Å². The van der Waals surface area contributed by atoms with E-state index in [9.17, 15) is 9.59 Å². The number of amides is 2. The van der Waals surface area contributed by atoms with Gasteiger partial charge in [-0.1, -0.05) is 78.9 Å². The van der Waals surface area contributed by atoms with E-state index < -0.39 is 0 Å². The molecule has 1 aliphatic carbocycles. The number of likely N-dealkylation sites (N-methyl/N-ethyl adjacent to an activating group) is 1. The minimum Gasteiger partial charge on any atom is -0.379 e. The Morgan fingerprint density at radius 1 is 0.907 bits per heavy atom. The molecule has 0 saturated carbocycles. The number of benzene rings is 2. The summed E-state index contributed by atoms with van der Waals surface area (Å²) in [5.74, 6) is 0.373. The summed E-state index contributed by atoms with van der Waals surface area (Å²) in [6.45, 7) is 7.48. The lowest BCUT2D eigenvalue weighted by molar-refractivity contribution is -0.128. The number of rotatable bonds is 11. The summed E-state index contributed by atoms with van der Waals surface area (Å²) in [5, 5.41) is 0. The van der Waals surface area contributed by atoms with Crippen molar-refractivity contribution >= 4 is 23.0 Å². The van der Waals surface area contributed by atoms with Crippen LogP contribution >= 0.6 is 0 Å². The summed E-state index contributed by atoms with van der Waals surface area (Å²) >= 11 is 0. The van der Waals surface area contributed by atoms with Crippen LogP contribution in [0.3, 0.4) is 0 Å². The van der Waals surface area contributed by atoms with Crippen molar-refractivity contribution in [2.45, 2.75) is 31.7 Å². The van der Waals surface area contributed by atoms with Crippen LogP contribution in [0.5, 0.6) is 0 Å². The van der Waals surface area contributed by atoms with E-state index in [1.54, 1.807) is 0 Å². The minimum absolute atomic E-state index is 0.0652. The SMILES string of the molecule is CN(CCCN1CCCC1=O)C(=O)C1=C(c2ccccc2)C2C=C(c3ccccc3)C=CC2N1CCCN1CCOCC1. The van der Waals surface area contributed by atoms with E-state index in [1.165, 1.54) is 11.1 Å². The molecule has 7 nitrogen and oxygen atoms in total. The van der Waals surface area contributed by atoms with Crippen molar-refractivity contribution in [3.8, 4) is 0 Å². The van der Waals surface area contributed by atoms with Crippen LogP contribution in [0.15, 0.2) is 84.6 Å². The molecule has 0 radical (unpaired) electrons. The predicted octanol–water partition coefficient (Wildman–Crippen LogP) is 4.54. The molecule has 2 saturated heterocycles. The Hall–Kier alpha value is -3.68. The van der Waals surface area contributed by atoms with Crippen LogP contribution in [-0.4, -0.2) is 104 Å². The molecule has 6 rings (SSSR count). The number of nitrogens with zero attached hydrogens (tertiary/aromatic N) is 4. The van der Waals surface area contributed by atoms with Gasteiger partial charge in [0.15, 0.2) is 0 Å². The highest BCUT2D eigenvalue weighted by Gasteiger charge is 2.43. The second kappa shape index (κ2) is 13.7. The molecule has 2 unspecified atom stereocenters. The van der Waals surface area contributed by atoms with Gasteiger partial charge in [0.2, 0.25) is 5.91 Å². The topological polar surface area (TPSA) is 56.3 Å². The second-order valence-corrected chi connectivity index (χ2v) is 12.1. The Morgan fingerprint density at radius 3 is 2.33 bits per heavy atom. The molecule has 0 aromatic heterocycles. The van der Waals surface area contributed by atoms with E-state index in [2.05, 4.69) is 76.6 Å². The van der Waals surface area contributed by atoms with E-state index in [-0.39, 0.29) is 23.8 Å². The minimum atomic E-state index is 0.0652. The molecule has 2 aromatic carbocycles. The molecule has 4 aliphatic rings. The van der Waals surface area contributed by atoms with Crippen molar-refractivity contribution in [2.75, 3.05) is 66.1 Å². The maximum atomic E-state index is 14.5. The van der Waals surface area contributed by atoms with Gasteiger partial charge >= 0.3 is 0 Å². The average Bonchev–Trinajstić information content (AvgIpc) is 3.61. The number of ether oxygens (including phenoxy) is 1. The number of carbonyl (C=O) groups is 2. The number of fused-ring (bicyclic) bond motifs is 1. The van der Waals surface area contributed by atoms with Crippen LogP contribution in [0.25, 0.3) is 11.1 Å². The molecule has 43 heavy (non-hydrogen) atoms. The van der Waals surface area contributed by atoms with Crippen molar-refractivity contribution in [1.82, 2.24) is 19.6 Å². The van der Waals surface area contributed by atoms with Crippen molar-refractivity contribution in [1.29, 1.82) is 0 Å². The molecule has 7 heteroatoms. The molecule has 3 heterocycles. The van der Waals surface area contributed by atoms with Gasteiger partial charge in [-0.15, -0.1) is 0 Å². The molecule has 3 aliphatic heterocycles. The fourth-order valence-electron chi connectivity index (χ4n) is 6.96. The van der Waals surface area contributed by atoms with Crippen LogP contribution in [0, 0.1) is 5.92 Å². The van der Waals surface area contributed by atoms with Gasteiger partial charge in [-0.2, -0.15) is 0 Å². The Kier molecular flexibility index (Phi) is 9.39. The van der Waals surface area contributed by atoms with Crippen molar-refractivity contribution in [3.05, 3.63) is 95.7 Å². The van der Waals surface area contributed by atoms with Gasteiger partial charge in [0.25, 0.3) is 5.91 Å². The Balaban J connectivity index is 1.30. The van der Waals surface area contributed by atoms with Crippen LogP contribution in [-0.2, 0) is 14.3 Å². The first-order chi connectivity index (χ1) is 21.1. The van der Waals surface area contributed by atoms with Gasteiger partial charge < -0.3 is 19.4 Å². The molecule has 2 atom stereocenters. The number of hydrogen-bond acceptors (Lipinski definition) is 5. The highest BCUT2D eigenvalue weighted by molar-refractivity contribution is 6.03. The summed E-state index contributed by atoms with van der Waals surface area (Å²) in [6.07, 6.45) is 10.3. The fraction of sp³-hybridized carbons (Fsp3) is 0.444. The van der Waals surface area contributed by atoms with Crippen molar-refractivity contribution in [2.24, 2.45) is 5.92 Å². The number of likely N-dealkylation sites (tertiary alicyclic amines) is 1. The summed E-state index contributed by atoms with van der Waals surface area (Å²) in [5.41, 5.74) is 5.42. The maximum absolute atomic E-state index is 14.5. The monoisotopic (exact) mass is 580 g/mol. The van der Waals surface area contributed by atoms with Gasteiger partial charge in [-0.25, -0.2) is 0 Å². The van der Waals surface area contributed by atoms with Gasteiger partial charge in [-0.3, -0.25) is 14.5 Å². The van der Waals surface area contributed by atoms with Crippen LogP contribution in [0.1, 0.15) is 36.8 Å². The fourth-order valence-corrected chi connectivity index (χ4v) is 6.96. The van der Waals surface area contributed by atoms with Gasteiger partial charge in [0, 0.05) is 65.2 Å². The molecule has 0 bridgehead atoms. The maximum Gasteiger partial charge on any atom is 0.270 e. The Morgan fingerprint density at radius 2 is 1.63 bits per heavy atom. The zero-order chi connectivity index (χ0) is 29.6. The molecule has 0 N–H and O–H groups in total.